The number of nitrogens with zero attached hydrogens (tertiary/aromatic N) is 2. The van der Waals surface area contributed by atoms with Crippen molar-refractivity contribution in [3.8, 4) is 0 Å². The Bertz CT molecular complexity index is 1380. The molecular weight excluding hydrogens is 529 g/mol. The first-order chi connectivity index (χ1) is 19.1. The summed E-state index contributed by atoms with van der Waals surface area (Å²) in [7, 11) is -4.15. The van der Waals surface area contributed by atoms with Gasteiger partial charge in [-0.25, -0.2) is 12.8 Å². The van der Waals surface area contributed by atoms with Crippen LogP contribution in [-0.4, -0.2) is 44.3 Å². The number of carbonyl (C=O) groups is 2. The smallest absolute Gasteiger partial charge is 0.264 e. The van der Waals surface area contributed by atoms with E-state index in [1.807, 2.05) is 32.9 Å². The van der Waals surface area contributed by atoms with Gasteiger partial charge in [-0.05, 0) is 55.2 Å². The highest BCUT2D eigenvalue weighted by atomic mass is 32.2. The molecule has 0 bridgehead atoms. The van der Waals surface area contributed by atoms with Crippen LogP contribution in [0.3, 0.4) is 0 Å². The molecule has 0 fully saturated rings. The summed E-state index contributed by atoms with van der Waals surface area (Å²) in [5, 5.41) is 2.82. The third-order valence-corrected chi connectivity index (χ3v) is 8.54. The molecule has 2 amide bonds. The summed E-state index contributed by atoms with van der Waals surface area (Å²) in [5.41, 5.74) is 1.56. The Morgan fingerprint density at radius 3 is 2.12 bits per heavy atom. The van der Waals surface area contributed by atoms with Crippen molar-refractivity contribution in [2.45, 2.75) is 63.9 Å². The molecule has 0 radical (unpaired) electrons. The van der Waals surface area contributed by atoms with Gasteiger partial charge in [0.2, 0.25) is 11.8 Å². The van der Waals surface area contributed by atoms with Gasteiger partial charge in [0.25, 0.3) is 10.0 Å². The van der Waals surface area contributed by atoms with Crippen LogP contribution in [0.4, 0.5) is 10.1 Å². The summed E-state index contributed by atoms with van der Waals surface area (Å²) >= 11 is 0. The largest absolute Gasteiger partial charge is 0.354 e. The zero-order valence-corrected chi connectivity index (χ0v) is 24.3. The van der Waals surface area contributed by atoms with E-state index in [0.29, 0.717) is 12.2 Å². The van der Waals surface area contributed by atoms with Gasteiger partial charge in [-0.3, -0.25) is 13.9 Å². The number of anilines is 1. The molecule has 214 valence electrons. The normalized spacial score (nSPS) is 12.2. The van der Waals surface area contributed by atoms with Gasteiger partial charge in [-0.15, -0.1) is 0 Å². The van der Waals surface area contributed by atoms with Crippen molar-refractivity contribution in [1.82, 2.24) is 10.2 Å². The highest BCUT2D eigenvalue weighted by Crippen LogP contribution is 2.26. The number of sulfonamides is 1. The summed E-state index contributed by atoms with van der Waals surface area (Å²) in [6.07, 6.45) is 1.66. The molecule has 9 heteroatoms. The number of halogens is 1. The molecule has 0 aliphatic heterocycles. The fourth-order valence-corrected chi connectivity index (χ4v) is 5.64. The predicted molar refractivity (Wildman–Crippen MR) is 156 cm³/mol. The molecule has 3 rings (SSSR count). The van der Waals surface area contributed by atoms with Crippen molar-refractivity contribution in [3.63, 3.8) is 0 Å². The molecule has 3 aromatic rings. The average Bonchev–Trinajstić information content (AvgIpc) is 2.95. The topological polar surface area (TPSA) is 86.8 Å². The van der Waals surface area contributed by atoms with Crippen LogP contribution >= 0.6 is 0 Å². The highest BCUT2D eigenvalue weighted by Gasteiger charge is 2.32. The van der Waals surface area contributed by atoms with E-state index in [-0.39, 0.29) is 22.9 Å². The minimum atomic E-state index is -4.15. The van der Waals surface area contributed by atoms with Gasteiger partial charge in [-0.2, -0.15) is 0 Å². The number of rotatable bonds is 13. The molecule has 0 heterocycles. The van der Waals surface area contributed by atoms with Crippen LogP contribution in [0.2, 0.25) is 0 Å². The standard InChI is InChI=1S/C31H38FN3O4S/c1-5-6-20-33-31(37)24(4)34(21-26-12-10-11-15-29(26)32)30(36)22-35(27-18-16-25(17-19-27)23(2)3)40(38,39)28-13-8-7-9-14-28/h7-19,23-24H,5-6,20-22H2,1-4H3,(H,33,37)/t24-/m1/s1. The summed E-state index contributed by atoms with van der Waals surface area (Å²) in [6.45, 7) is 7.30. The Kier molecular flexibility index (Phi) is 10.8. The maximum absolute atomic E-state index is 14.6. The van der Waals surface area contributed by atoms with E-state index >= 15 is 0 Å². The zero-order chi connectivity index (χ0) is 29.3. The van der Waals surface area contributed by atoms with Crippen molar-refractivity contribution in [3.05, 3.63) is 95.8 Å². The van der Waals surface area contributed by atoms with Crippen LogP contribution < -0.4 is 9.62 Å². The maximum Gasteiger partial charge on any atom is 0.264 e. The number of nitrogens with one attached hydrogen (secondary N) is 1. The Labute approximate surface area is 237 Å². The monoisotopic (exact) mass is 567 g/mol. The molecular formula is C31H38FN3O4S. The number of unbranched alkanes of at least 4 members (excludes halogenated alkanes) is 1. The average molecular weight is 568 g/mol. The lowest BCUT2D eigenvalue weighted by molar-refractivity contribution is -0.139. The number of hydrogen-bond donors (Lipinski definition) is 1. The fourth-order valence-electron chi connectivity index (χ4n) is 4.20. The van der Waals surface area contributed by atoms with E-state index in [0.717, 1.165) is 22.7 Å². The molecule has 0 unspecified atom stereocenters. The van der Waals surface area contributed by atoms with E-state index in [2.05, 4.69) is 5.32 Å². The van der Waals surface area contributed by atoms with Crippen LogP contribution in [0.1, 0.15) is 57.6 Å². The first-order valence-corrected chi connectivity index (χ1v) is 15.0. The molecule has 0 aliphatic carbocycles. The Balaban J connectivity index is 2.01. The SMILES string of the molecule is CCCCNC(=O)[C@@H](C)N(Cc1ccccc1F)C(=O)CN(c1ccc(C(C)C)cc1)S(=O)(=O)c1ccccc1. The highest BCUT2D eigenvalue weighted by molar-refractivity contribution is 7.92. The second kappa shape index (κ2) is 14.1. The molecule has 0 saturated heterocycles. The van der Waals surface area contributed by atoms with E-state index in [1.165, 1.54) is 23.1 Å². The van der Waals surface area contributed by atoms with Crippen molar-refractivity contribution in [1.29, 1.82) is 0 Å². The molecule has 0 saturated carbocycles. The zero-order valence-electron chi connectivity index (χ0n) is 23.5. The molecule has 7 nitrogen and oxygen atoms in total. The second-order valence-corrected chi connectivity index (χ2v) is 11.9. The molecule has 1 atom stereocenters. The van der Waals surface area contributed by atoms with Gasteiger partial charge in [-0.1, -0.05) is 75.7 Å². The number of hydrogen-bond acceptors (Lipinski definition) is 4. The van der Waals surface area contributed by atoms with Gasteiger partial charge in [0.15, 0.2) is 0 Å². The third kappa shape index (κ3) is 7.69. The van der Waals surface area contributed by atoms with Gasteiger partial charge in [0.05, 0.1) is 10.6 Å². The second-order valence-electron chi connectivity index (χ2n) is 10.0. The van der Waals surface area contributed by atoms with Gasteiger partial charge in [0.1, 0.15) is 18.4 Å². The molecule has 0 aromatic heterocycles. The van der Waals surface area contributed by atoms with E-state index in [9.17, 15) is 22.4 Å². The van der Waals surface area contributed by atoms with Crippen LogP contribution in [0.25, 0.3) is 0 Å². The van der Waals surface area contributed by atoms with E-state index < -0.39 is 40.2 Å². The quantitative estimate of drug-likeness (QED) is 0.277. The summed E-state index contributed by atoms with van der Waals surface area (Å²) in [6, 6.07) is 19.9. The van der Waals surface area contributed by atoms with Gasteiger partial charge in [0, 0.05) is 18.7 Å². The number of carbonyl (C=O) groups excluding carboxylic acids is 2. The van der Waals surface area contributed by atoms with Crippen LogP contribution in [-0.2, 0) is 26.2 Å². The van der Waals surface area contributed by atoms with Crippen molar-refractivity contribution in [2.75, 3.05) is 17.4 Å². The van der Waals surface area contributed by atoms with Crippen LogP contribution in [0.15, 0.2) is 83.8 Å². The van der Waals surface area contributed by atoms with Crippen LogP contribution in [0, 0.1) is 5.82 Å². The first-order valence-electron chi connectivity index (χ1n) is 13.5. The Morgan fingerprint density at radius 2 is 1.52 bits per heavy atom. The van der Waals surface area contributed by atoms with E-state index in [4.69, 9.17) is 0 Å². The fraction of sp³-hybridized carbons (Fsp3) is 0.355. The van der Waals surface area contributed by atoms with Crippen molar-refractivity contribution in [2.24, 2.45) is 0 Å². The molecule has 0 spiro atoms. The van der Waals surface area contributed by atoms with Crippen molar-refractivity contribution < 1.29 is 22.4 Å². The first kappa shape index (κ1) is 30.8. The summed E-state index contributed by atoms with van der Waals surface area (Å²) in [4.78, 5) is 28.1. The third-order valence-electron chi connectivity index (χ3n) is 6.75. The number of benzene rings is 3. The molecule has 3 aromatic carbocycles. The molecule has 0 aliphatic rings. The van der Waals surface area contributed by atoms with Crippen LogP contribution in [0.5, 0.6) is 0 Å². The predicted octanol–water partition coefficient (Wildman–Crippen LogP) is 5.48. The molecule has 40 heavy (non-hydrogen) atoms. The number of amides is 2. The lowest BCUT2D eigenvalue weighted by atomic mass is 10.0. The lowest BCUT2D eigenvalue weighted by Crippen LogP contribution is -2.51. The summed E-state index contributed by atoms with van der Waals surface area (Å²) in [5.74, 6) is -1.30. The lowest BCUT2D eigenvalue weighted by Gasteiger charge is -2.32. The minimum Gasteiger partial charge on any atom is -0.354 e. The Morgan fingerprint density at radius 1 is 0.900 bits per heavy atom. The summed E-state index contributed by atoms with van der Waals surface area (Å²) < 4.78 is 43.3. The van der Waals surface area contributed by atoms with E-state index in [1.54, 1.807) is 55.5 Å². The van der Waals surface area contributed by atoms with Gasteiger partial charge < -0.3 is 10.2 Å². The maximum atomic E-state index is 14.6. The van der Waals surface area contributed by atoms with Gasteiger partial charge >= 0.3 is 0 Å². The molecule has 1 N–H and O–H groups in total. The minimum absolute atomic E-state index is 0.0294. The van der Waals surface area contributed by atoms with Crippen molar-refractivity contribution >= 4 is 27.5 Å². The Hall–Kier alpha value is -3.72.